The molecule has 100 valence electrons. The van der Waals surface area contributed by atoms with E-state index in [2.05, 4.69) is 0 Å². The highest BCUT2D eigenvalue weighted by Crippen LogP contribution is 2.29. The van der Waals surface area contributed by atoms with Crippen molar-refractivity contribution in [2.45, 2.75) is 18.9 Å². The fourth-order valence-electron chi connectivity index (χ4n) is 2.06. The van der Waals surface area contributed by atoms with Crippen molar-refractivity contribution in [1.29, 1.82) is 0 Å². The van der Waals surface area contributed by atoms with Crippen molar-refractivity contribution in [1.82, 2.24) is 0 Å². The maximum atomic E-state index is 10.6. The van der Waals surface area contributed by atoms with Crippen LogP contribution >= 0.6 is 11.6 Å². The van der Waals surface area contributed by atoms with Gasteiger partial charge in [0, 0.05) is 11.4 Å². The standard InChI is InChI=1S/C16H17ClO2/c1-16(18,11-12-5-3-4-6-15(12)17)13-7-9-14(19-2)10-8-13/h3-10,18H,11H2,1-2H3. The SMILES string of the molecule is COc1ccc(C(C)(O)Cc2ccccc2Cl)cc1. The summed E-state index contributed by atoms with van der Waals surface area (Å²) in [5, 5.41) is 11.3. The van der Waals surface area contributed by atoms with E-state index in [-0.39, 0.29) is 0 Å². The summed E-state index contributed by atoms with van der Waals surface area (Å²) >= 11 is 6.13. The van der Waals surface area contributed by atoms with Gasteiger partial charge in [0.25, 0.3) is 0 Å². The van der Waals surface area contributed by atoms with Crippen LogP contribution in [0.3, 0.4) is 0 Å². The number of aliphatic hydroxyl groups is 1. The van der Waals surface area contributed by atoms with E-state index in [1.165, 1.54) is 0 Å². The number of rotatable bonds is 4. The zero-order valence-electron chi connectivity index (χ0n) is 11.1. The Balaban J connectivity index is 2.24. The van der Waals surface area contributed by atoms with Crippen LogP contribution in [0.4, 0.5) is 0 Å². The summed E-state index contributed by atoms with van der Waals surface area (Å²) in [5.41, 5.74) is 0.815. The Kier molecular flexibility index (Phi) is 4.13. The van der Waals surface area contributed by atoms with Gasteiger partial charge in [0.05, 0.1) is 12.7 Å². The number of benzene rings is 2. The molecule has 2 aromatic carbocycles. The van der Waals surface area contributed by atoms with Gasteiger partial charge in [-0.15, -0.1) is 0 Å². The molecule has 2 nitrogen and oxygen atoms in total. The van der Waals surface area contributed by atoms with Gasteiger partial charge in [0.1, 0.15) is 5.75 Å². The van der Waals surface area contributed by atoms with E-state index in [4.69, 9.17) is 16.3 Å². The van der Waals surface area contributed by atoms with Crippen molar-refractivity contribution in [3.63, 3.8) is 0 Å². The van der Waals surface area contributed by atoms with Crippen molar-refractivity contribution in [3.05, 3.63) is 64.7 Å². The Hall–Kier alpha value is -1.51. The van der Waals surface area contributed by atoms with E-state index in [0.29, 0.717) is 11.4 Å². The maximum Gasteiger partial charge on any atom is 0.118 e. The minimum Gasteiger partial charge on any atom is -0.497 e. The molecular formula is C16H17ClO2. The second-order valence-electron chi connectivity index (χ2n) is 4.77. The number of hydrogen-bond acceptors (Lipinski definition) is 2. The van der Waals surface area contributed by atoms with E-state index in [1.54, 1.807) is 14.0 Å². The van der Waals surface area contributed by atoms with E-state index in [0.717, 1.165) is 16.9 Å². The van der Waals surface area contributed by atoms with Crippen LogP contribution < -0.4 is 4.74 Å². The summed E-state index contributed by atoms with van der Waals surface area (Å²) in [6.45, 7) is 1.79. The van der Waals surface area contributed by atoms with Crippen LogP contribution in [0.1, 0.15) is 18.1 Å². The van der Waals surface area contributed by atoms with Gasteiger partial charge in [-0.05, 0) is 36.2 Å². The molecule has 0 spiro atoms. The van der Waals surface area contributed by atoms with E-state index in [9.17, 15) is 5.11 Å². The Morgan fingerprint density at radius 1 is 1.11 bits per heavy atom. The molecule has 0 saturated carbocycles. The van der Waals surface area contributed by atoms with Gasteiger partial charge < -0.3 is 9.84 Å². The molecule has 19 heavy (non-hydrogen) atoms. The lowest BCUT2D eigenvalue weighted by atomic mass is 9.89. The molecule has 1 atom stereocenters. The molecule has 0 aliphatic heterocycles. The fourth-order valence-corrected chi connectivity index (χ4v) is 2.27. The molecule has 0 heterocycles. The molecule has 0 radical (unpaired) electrons. The van der Waals surface area contributed by atoms with Crippen LogP contribution in [0, 0.1) is 0 Å². The van der Waals surface area contributed by atoms with Gasteiger partial charge >= 0.3 is 0 Å². The van der Waals surface area contributed by atoms with Crippen LogP contribution in [0.2, 0.25) is 5.02 Å². The molecular weight excluding hydrogens is 260 g/mol. The summed E-state index contributed by atoms with van der Waals surface area (Å²) < 4.78 is 5.12. The Morgan fingerprint density at radius 3 is 2.32 bits per heavy atom. The molecule has 0 saturated heterocycles. The number of hydrogen-bond donors (Lipinski definition) is 1. The number of ether oxygens (including phenoxy) is 1. The quantitative estimate of drug-likeness (QED) is 0.920. The van der Waals surface area contributed by atoms with E-state index >= 15 is 0 Å². The topological polar surface area (TPSA) is 29.5 Å². The first-order valence-corrected chi connectivity index (χ1v) is 6.51. The smallest absolute Gasteiger partial charge is 0.118 e. The summed E-state index contributed by atoms with van der Waals surface area (Å²) in [6.07, 6.45) is 0.471. The lowest BCUT2D eigenvalue weighted by Crippen LogP contribution is -2.24. The van der Waals surface area contributed by atoms with Crippen LogP contribution in [-0.4, -0.2) is 12.2 Å². The van der Waals surface area contributed by atoms with Crippen molar-refractivity contribution >= 4 is 11.6 Å². The molecule has 0 aromatic heterocycles. The molecule has 3 heteroatoms. The summed E-state index contributed by atoms with van der Waals surface area (Å²) in [6, 6.07) is 15.0. The Bertz CT molecular complexity index is 547. The minimum atomic E-state index is -0.961. The average Bonchev–Trinajstić information content (AvgIpc) is 2.41. The first kappa shape index (κ1) is 13.9. The van der Waals surface area contributed by atoms with Crippen LogP contribution in [0.25, 0.3) is 0 Å². The molecule has 2 rings (SSSR count). The van der Waals surface area contributed by atoms with Gasteiger partial charge in [-0.2, -0.15) is 0 Å². The van der Waals surface area contributed by atoms with Crippen molar-refractivity contribution in [2.24, 2.45) is 0 Å². The summed E-state index contributed by atoms with van der Waals surface area (Å²) in [4.78, 5) is 0. The Morgan fingerprint density at radius 2 is 1.74 bits per heavy atom. The van der Waals surface area contributed by atoms with Crippen molar-refractivity contribution in [2.75, 3.05) is 7.11 Å². The molecule has 2 aromatic rings. The summed E-state index contributed by atoms with van der Waals surface area (Å²) in [5.74, 6) is 0.775. The third-order valence-electron chi connectivity index (χ3n) is 3.20. The molecule has 0 fully saturated rings. The third kappa shape index (κ3) is 3.28. The Labute approximate surface area is 118 Å². The number of halogens is 1. The van der Waals surface area contributed by atoms with Gasteiger partial charge in [-0.3, -0.25) is 0 Å². The van der Waals surface area contributed by atoms with E-state index < -0.39 is 5.60 Å². The van der Waals surface area contributed by atoms with Crippen molar-refractivity contribution < 1.29 is 9.84 Å². The molecule has 1 N–H and O–H groups in total. The van der Waals surface area contributed by atoms with Gasteiger partial charge in [0.15, 0.2) is 0 Å². The molecule has 1 unspecified atom stereocenters. The molecule has 0 aliphatic carbocycles. The predicted molar refractivity (Wildman–Crippen MR) is 77.7 cm³/mol. The monoisotopic (exact) mass is 276 g/mol. The zero-order chi connectivity index (χ0) is 13.9. The van der Waals surface area contributed by atoms with E-state index in [1.807, 2.05) is 48.5 Å². The largest absolute Gasteiger partial charge is 0.497 e. The number of methoxy groups -OCH3 is 1. The highest BCUT2D eigenvalue weighted by atomic mass is 35.5. The first-order chi connectivity index (χ1) is 9.03. The van der Waals surface area contributed by atoms with Crippen LogP contribution in [0.15, 0.2) is 48.5 Å². The minimum absolute atomic E-state index is 0.471. The van der Waals surface area contributed by atoms with Crippen LogP contribution in [0.5, 0.6) is 5.75 Å². The fraction of sp³-hybridized carbons (Fsp3) is 0.250. The van der Waals surface area contributed by atoms with Gasteiger partial charge in [-0.1, -0.05) is 41.9 Å². The van der Waals surface area contributed by atoms with Crippen molar-refractivity contribution in [3.8, 4) is 5.75 Å². The van der Waals surface area contributed by atoms with Crippen LogP contribution in [-0.2, 0) is 12.0 Å². The lowest BCUT2D eigenvalue weighted by Gasteiger charge is -2.24. The maximum absolute atomic E-state index is 10.6. The van der Waals surface area contributed by atoms with Gasteiger partial charge in [-0.25, -0.2) is 0 Å². The zero-order valence-corrected chi connectivity index (χ0v) is 11.8. The highest BCUT2D eigenvalue weighted by molar-refractivity contribution is 6.31. The molecule has 0 aliphatic rings. The highest BCUT2D eigenvalue weighted by Gasteiger charge is 2.24. The molecule has 0 amide bonds. The second-order valence-corrected chi connectivity index (χ2v) is 5.18. The predicted octanol–water partition coefficient (Wildman–Crippen LogP) is 3.80. The molecule has 0 bridgehead atoms. The third-order valence-corrected chi connectivity index (χ3v) is 3.57. The van der Waals surface area contributed by atoms with Gasteiger partial charge in [0.2, 0.25) is 0 Å². The lowest BCUT2D eigenvalue weighted by molar-refractivity contribution is 0.0576. The second kappa shape index (κ2) is 5.64. The average molecular weight is 277 g/mol. The first-order valence-electron chi connectivity index (χ1n) is 6.13. The normalized spacial score (nSPS) is 13.9. The summed E-state index contributed by atoms with van der Waals surface area (Å²) in [7, 11) is 1.62.